The second kappa shape index (κ2) is 4.83. The van der Waals surface area contributed by atoms with E-state index in [0.29, 0.717) is 11.5 Å². The molecule has 0 bridgehead atoms. The lowest BCUT2D eigenvalue weighted by atomic mass is 9.66. The molecule has 104 valence electrons. The molecule has 1 aromatic heterocycles. The van der Waals surface area contributed by atoms with E-state index in [0.717, 1.165) is 5.56 Å². The molecule has 0 aromatic carbocycles. The van der Waals surface area contributed by atoms with Crippen molar-refractivity contribution in [3.05, 3.63) is 23.8 Å². The van der Waals surface area contributed by atoms with Crippen molar-refractivity contribution in [2.45, 2.75) is 50.9 Å². The Bertz CT molecular complexity index is 475. The Morgan fingerprint density at radius 2 is 1.74 bits per heavy atom. The Morgan fingerprint density at radius 1 is 1.21 bits per heavy atom. The molecule has 1 N–H and O–H groups in total. The van der Waals surface area contributed by atoms with Gasteiger partial charge in [0, 0.05) is 36.2 Å². The van der Waals surface area contributed by atoms with E-state index in [-0.39, 0.29) is 25.7 Å². The van der Waals surface area contributed by atoms with Gasteiger partial charge in [-0.2, -0.15) is 0 Å². The van der Waals surface area contributed by atoms with Gasteiger partial charge in [0.25, 0.3) is 0 Å². The maximum Gasteiger partial charge on any atom is 0.248 e. The van der Waals surface area contributed by atoms with E-state index in [1.165, 1.54) is 0 Å². The van der Waals surface area contributed by atoms with Gasteiger partial charge in [0.2, 0.25) is 5.92 Å². The monoisotopic (exact) mass is 269 g/mol. The molecule has 0 saturated heterocycles. The summed E-state index contributed by atoms with van der Waals surface area (Å²) in [6, 6.07) is 0. The van der Waals surface area contributed by atoms with Crippen molar-refractivity contribution in [2.75, 3.05) is 0 Å². The Labute approximate surface area is 110 Å². The number of hydrogen-bond donors (Lipinski definition) is 1. The Morgan fingerprint density at radius 3 is 2.21 bits per heavy atom. The van der Waals surface area contributed by atoms with Gasteiger partial charge in [0.05, 0.1) is 5.71 Å². The summed E-state index contributed by atoms with van der Waals surface area (Å²) in [5, 5.41) is 12.3. The summed E-state index contributed by atoms with van der Waals surface area (Å²) in [6.45, 7) is 3.42. The summed E-state index contributed by atoms with van der Waals surface area (Å²) in [5.74, 6) is -2.01. The lowest BCUT2D eigenvalue weighted by Gasteiger charge is -2.39. The second-order valence-corrected chi connectivity index (χ2v) is 5.14. The third kappa shape index (κ3) is 2.57. The third-order valence-electron chi connectivity index (χ3n) is 4.01. The van der Waals surface area contributed by atoms with Crippen LogP contribution in [0.3, 0.4) is 0 Å². The Balaban J connectivity index is 2.40. The average Bonchev–Trinajstić information content (AvgIpc) is 2.39. The van der Waals surface area contributed by atoms with Gasteiger partial charge in [-0.1, -0.05) is 5.16 Å². The predicted octanol–water partition coefficient (Wildman–Crippen LogP) is 3.08. The quantitative estimate of drug-likeness (QED) is 0.510. The molecule has 19 heavy (non-hydrogen) atoms. The Kier molecular flexibility index (Phi) is 3.52. The van der Waals surface area contributed by atoms with E-state index >= 15 is 0 Å². The van der Waals surface area contributed by atoms with Gasteiger partial charge in [-0.05, 0) is 26.7 Å². The van der Waals surface area contributed by atoms with E-state index in [4.69, 9.17) is 5.21 Å². The first-order chi connectivity index (χ1) is 8.89. The van der Waals surface area contributed by atoms with Crippen molar-refractivity contribution < 1.29 is 14.0 Å². The minimum atomic E-state index is -2.63. The standard InChI is InChI=1S/C13H17F2N3O/c1-9(18-19)12(3-5-13(14,15)6-4-12)11-7-16-10(2)17-8-11/h7-8,19H,3-6H2,1-2H3. The van der Waals surface area contributed by atoms with Crippen LogP contribution >= 0.6 is 0 Å². The predicted molar refractivity (Wildman–Crippen MR) is 66.8 cm³/mol. The first-order valence-corrected chi connectivity index (χ1v) is 6.26. The summed E-state index contributed by atoms with van der Waals surface area (Å²) in [4.78, 5) is 8.23. The van der Waals surface area contributed by atoms with Crippen LogP contribution in [0.2, 0.25) is 0 Å². The first kappa shape index (κ1) is 13.8. The van der Waals surface area contributed by atoms with Crippen LogP contribution in [0.4, 0.5) is 8.78 Å². The number of hydrogen-bond acceptors (Lipinski definition) is 4. The number of halogens is 2. The van der Waals surface area contributed by atoms with Gasteiger partial charge in [-0.3, -0.25) is 0 Å². The smallest absolute Gasteiger partial charge is 0.248 e. The zero-order valence-corrected chi connectivity index (χ0v) is 11.0. The maximum absolute atomic E-state index is 13.4. The molecule has 1 aliphatic carbocycles. The van der Waals surface area contributed by atoms with Crippen LogP contribution in [0, 0.1) is 6.92 Å². The van der Waals surface area contributed by atoms with Crippen molar-refractivity contribution in [2.24, 2.45) is 5.16 Å². The Hall–Kier alpha value is -1.59. The molecule has 1 aliphatic rings. The van der Waals surface area contributed by atoms with Crippen molar-refractivity contribution in [1.82, 2.24) is 9.97 Å². The molecule has 1 aromatic rings. The van der Waals surface area contributed by atoms with Crippen LogP contribution in [-0.2, 0) is 5.41 Å². The fourth-order valence-corrected chi connectivity index (χ4v) is 2.64. The van der Waals surface area contributed by atoms with Crippen molar-refractivity contribution in [1.29, 1.82) is 0 Å². The summed E-state index contributed by atoms with van der Waals surface area (Å²) in [7, 11) is 0. The zero-order chi connectivity index (χ0) is 14.1. The number of rotatable bonds is 2. The number of aromatic nitrogens is 2. The summed E-state index contributed by atoms with van der Waals surface area (Å²) in [6.07, 6.45) is 3.33. The van der Waals surface area contributed by atoms with Gasteiger partial charge < -0.3 is 5.21 Å². The average molecular weight is 269 g/mol. The highest BCUT2D eigenvalue weighted by Crippen LogP contribution is 2.46. The molecule has 1 saturated carbocycles. The highest BCUT2D eigenvalue weighted by Gasteiger charge is 2.46. The van der Waals surface area contributed by atoms with E-state index in [1.807, 2.05) is 0 Å². The summed E-state index contributed by atoms with van der Waals surface area (Å²) < 4.78 is 26.7. The largest absolute Gasteiger partial charge is 0.411 e. The van der Waals surface area contributed by atoms with Crippen molar-refractivity contribution >= 4 is 5.71 Å². The van der Waals surface area contributed by atoms with Crippen LogP contribution in [-0.4, -0.2) is 26.8 Å². The highest BCUT2D eigenvalue weighted by molar-refractivity contribution is 5.92. The minimum absolute atomic E-state index is 0.215. The minimum Gasteiger partial charge on any atom is -0.411 e. The van der Waals surface area contributed by atoms with Gasteiger partial charge in [0.1, 0.15) is 5.82 Å². The van der Waals surface area contributed by atoms with Crippen molar-refractivity contribution in [3.8, 4) is 0 Å². The number of nitrogens with zero attached hydrogens (tertiary/aromatic N) is 3. The topological polar surface area (TPSA) is 58.4 Å². The second-order valence-electron chi connectivity index (χ2n) is 5.14. The number of aryl methyl sites for hydroxylation is 1. The summed E-state index contributed by atoms with van der Waals surface area (Å²) in [5.41, 5.74) is 0.503. The van der Waals surface area contributed by atoms with E-state index in [9.17, 15) is 8.78 Å². The lowest BCUT2D eigenvalue weighted by molar-refractivity contribution is -0.0443. The van der Waals surface area contributed by atoms with Crippen LogP contribution in [0.1, 0.15) is 44.0 Å². The molecule has 0 radical (unpaired) electrons. The highest BCUT2D eigenvalue weighted by atomic mass is 19.3. The molecular weight excluding hydrogens is 252 g/mol. The molecule has 1 fully saturated rings. The van der Waals surface area contributed by atoms with E-state index in [1.54, 1.807) is 26.2 Å². The molecule has 2 rings (SSSR count). The van der Waals surface area contributed by atoms with Gasteiger partial charge in [-0.15, -0.1) is 0 Å². The zero-order valence-electron chi connectivity index (χ0n) is 11.0. The number of oxime groups is 1. The van der Waals surface area contributed by atoms with E-state index in [2.05, 4.69) is 15.1 Å². The molecule has 0 amide bonds. The van der Waals surface area contributed by atoms with Gasteiger partial charge >= 0.3 is 0 Å². The van der Waals surface area contributed by atoms with Crippen LogP contribution in [0.25, 0.3) is 0 Å². The molecule has 0 atom stereocenters. The number of alkyl halides is 2. The third-order valence-corrected chi connectivity index (χ3v) is 4.01. The molecule has 0 unspecified atom stereocenters. The van der Waals surface area contributed by atoms with Gasteiger partial charge in [0.15, 0.2) is 0 Å². The molecular formula is C13H17F2N3O. The first-order valence-electron chi connectivity index (χ1n) is 6.26. The van der Waals surface area contributed by atoms with Crippen LogP contribution in [0.15, 0.2) is 17.5 Å². The van der Waals surface area contributed by atoms with Crippen LogP contribution in [0.5, 0.6) is 0 Å². The maximum atomic E-state index is 13.4. The lowest BCUT2D eigenvalue weighted by Crippen LogP contribution is -2.42. The SMILES string of the molecule is CC(=NO)C1(c2cnc(C)nc2)CCC(F)(F)CC1. The molecule has 4 nitrogen and oxygen atoms in total. The fourth-order valence-electron chi connectivity index (χ4n) is 2.64. The molecule has 0 aliphatic heterocycles. The molecule has 1 heterocycles. The van der Waals surface area contributed by atoms with Gasteiger partial charge in [-0.25, -0.2) is 18.7 Å². The fraction of sp³-hybridized carbons (Fsp3) is 0.615. The van der Waals surface area contributed by atoms with Crippen molar-refractivity contribution in [3.63, 3.8) is 0 Å². The van der Waals surface area contributed by atoms with E-state index < -0.39 is 11.3 Å². The normalized spacial score (nSPS) is 22.2. The summed E-state index contributed by atoms with van der Waals surface area (Å²) >= 11 is 0. The molecule has 0 spiro atoms. The molecule has 6 heteroatoms. The van der Waals surface area contributed by atoms with Crippen LogP contribution < -0.4 is 0 Å².